The lowest BCUT2D eigenvalue weighted by atomic mass is 10.3. The molecule has 0 aliphatic carbocycles. The minimum absolute atomic E-state index is 0.0263. The van der Waals surface area contributed by atoms with Crippen molar-refractivity contribution in [3.8, 4) is 0 Å². The quantitative estimate of drug-likeness (QED) is 0.824. The van der Waals surface area contributed by atoms with Gasteiger partial charge in [0.15, 0.2) is 9.84 Å². The molecular formula is C16H15F3N4O3S. The van der Waals surface area contributed by atoms with Crippen molar-refractivity contribution in [3.63, 3.8) is 0 Å². The average molecular weight is 400 g/mol. The fourth-order valence-corrected chi connectivity index (χ4v) is 2.84. The number of sulfone groups is 1. The number of pyridine rings is 2. The Balaban J connectivity index is 1.84. The number of halogens is 3. The van der Waals surface area contributed by atoms with E-state index in [0.717, 1.165) is 29.1 Å². The number of ether oxygens (including phenoxy) is 1. The monoisotopic (exact) mass is 400 g/mol. The number of hydrogen-bond donors (Lipinski definition) is 1. The fraction of sp³-hybridized carbons (Fsp3) is 0.250. The lowest BCUT2D eigenvalue weighted by Gasteiger charge is -2.23. The number of alkyl halides is 3. The van der Waals surface area contributed by atoms with Gasteiger partial charge in [-0.3, -0.25) is 4.98 Å². The molecule has 1 unspecified atom stereocenters. The normalized spacial score (nSPS) is 17.7. The van der Waals surface area contributed by atoms with E-state index < -0.39 is 22.1 Å². The second kappa shape index (κ2) is 7.16. The number of rotatable bonds is 5. The highest BCUT2D eigenvalue weighted by Gasteiger charge is 2.44. The Morgan fingerprint density at radius 1 is 1.22 bits per heavy atom. The van der Waals surface area contributed by atoms with Crippen LogP contribution in [-0.4, -0.2) is 36.9 Å². The van der Waals surface area contributed by atoms with Crippen molar-refractivity contribution in [1.29, 1.82) is 0 Å². The zero-order valence-electron chi connectivity index (χ0n) is 14.0. The molecular weight excluding hydrogens is 385 g/mol. The summed E-state index contributed by atoms with van der Waals surface area (Å²) < 4.78 is 67.9. The minimum Gasteiger partial charge on any atom is -0.473 e. The van der Waals surface area contributed by atoms with Crippen LogP contribution in [-0.2, 0) is 21.2 Å². The second-order valence-corrected chi connectivity index (χ2v) is 7.77. The van der Waals surface area contributed by atoms with Crippen LogP contribution < -0.4 is 10.4 Å². The number of nitrogens with one attached hydrogen (secondary N) is 1. The summed E-state index contributed by atoms with van der Waals surface area (Å²) in [6, 6.07) is 3.95. The second-order valence-electron chi connectivity index (χ2n) is 5.76. The standard InChI is InChI=1S/C16H15F3N4O3S/c1-27(24,25)12-2-3-14(21-9-12)23-15(8-13(22-23)16(17,18)19)26-10-11-4-6-20-7-5-11/h2-9,13,22H,10H2,1H3. The molecule has 0 amide bonds. The topological polar surface area (TPSA) is 84.4 Å². The van der Waals surface area contributed by atoms with Crippen molar-refractivity contribution in [2.45, 2.75) is 23.7 Å². The molecule has 0 aromatic carbocycles. The predicted octanol–water partition coefficient (Wildman–Crippen LogP) is 2.19. The number of nitrogens with zero attached hydrogens (tertiary/aromatic N) is 3. The first-order valence-electron chi connectivity index (χ1n) is 7.67. The molecule has 27 heavy (non-hydrogen) atoms. The molecule has 0 fully saturated rings. The molecule has 1 aliphatic rings. The maximum Gasteiger partial charge on any atom is 0.409 e. The van der Waals surface area contributed by atoms with Crippen molar-refractivity contribution in [2.75, 3.05) is 11.3 Å². The van der Waals surface area contributed by atoms with Gasteiger partial charge in [-0.1, -0.05) is 0 Å². The molecule has 0 spiro atoms. The summed E-state index contributed by atoms with van der Waals surface area (Å²) in [5.41, 5.74) is 2.98. The van der Waals surface area contributed by atoms with Gasteiger partial charge in [-0.2, -0.15) is 13.2 Å². The summed E-state index contributed by atoms with van der Waals surface area (Å²) >= 11 is 0. The highest BCUT2D eigenvalue weighted by Crippen LogP contribution is 2.30. The Kier molecular flexibility index (Phi) is 5.07. The number of aromatic nitrogens is 2. The zero-order valence-corrected chi connectivity index (χ0v) is 14.8. The molecule has 0 radical (unpaired) electrons. The molecule has 3 rings (SSSR count). The largest absolute Gasteiger partial charge is 0.473 e. The van der Waals surface area contributed by atoms with Crippen LogP contribution in [0.5, 0.6) is 0 Å². The molecule has 3 heterocycles. The molecule has 2 aromatic heterocycles. The van der Waals surface area contributed by atoms with E-state index in [9.17, 15) is 21.6 Å². The maximum absolute atomic E-state index is 13.1. The van der Waals surface area contributed by atoms with E-state index in [1.807, 2.05) is 0 Å². The third kappa shape index (κ3) is 4.55. The summed E-state index contributed by atoms with van der Waals surface area (Å²) in [4.78, 5) is 7.75. The molecule has 0 bridgehead atoms. The zero-order chi connectivity index (χ0) is 19.7. The highest BCUT2D eigenvalue weighted by atomic mass is 32.2. The summed E-state index contributed by atoms with van der Waals surface area (Å²) in [5.74, 6) is -0.0242. The Bertz CT molecular complexity index is 932. The van der Waals surface area contributed by atoms with Gasteiger partial charge < -0.3 is 4.74 Å². The van der Waals surface area contributed by atoms with Gasteiger partial charge in [0, 0.05) is 30.9 Å². The van der Waals surface area contributed by atoms with Crippen LogP contribution in [0, 0.1) is 0 Å². The van der Waals surface area contributed by atoms with Crippen LogP contribution in [0.25, 0.3) is 0 Å². The van der Waals surface area contributed by atoms with Gasteiger partial charge in [0.1, 0.15) is 18.5 Å². The number of anilines is 1. The van der Waals surface area contributed by atoms with Gasteiger partial charge >= 0.3 is 6.18 Å². The van der Waals surface area contributed by atoms with Crippen molar-refractivity contribution in [2.24, 2.45) is 0 Å². The van der Waals surface area contributed by atoms with E-state index in [2.05, 4.69) is 15.4 Å². The van der Waals surface area contributed by atoms with E-state index >= 15 is 0 Å². The van der Waals surface area contributed by atoms with Crippen LogP contribution in [0.4, 0.5) is 19.0 Å². The van der Waals surface area contributed by atoms with E-state index in [1.165, 1.54) is 12.1 Å². The Hall–Kier alpha value is -2.66. The predicted molar refractivity (Wildman–Crippen MR) is 89.9 cm³/mol. The van der Waals surface area contributed by atoms with Crippen molar-refractivity contribution in [1.82, 2.24) is 15.4 Å². The van der Waals surface area contributed by atoms with Gasteiger partial charge in [0.05, 0.1) is 4.90 Å². The summed E-state index contributed by atoms with van der Waals surface area (Å²) in [5, 5.41) is 1.03. The Morgan fingerprint density at radius 2 is 1.93 bits per heavy atom. The molecule has 0 saturated heterocycles. The van der Waals surface area contributed by atoms with Crippen LogP contribution in [0.3, 0.4) is 0 Å². The molecule has 144 valence electrons. The molecule has 2 aromatic rings. The lowest BCUT2D eigenvalue weighted by Crippen LogP contribution is -2.45. The summed E-state index contributed by atoms with van der Waals surface area (Å²) in [6.45, 7) is 0.0263. The van der Waals surface area contributed by atoms with Gasteiger partial charge in [-0.05, 0) is 29.8 Å². The molecule has 0 saturated carbocycles. The third-order valence-corrected chi connectivity index (χ3v) is 4.76. The highest BCUT2D eigenvalue weighted by molar-refractivity contribution is 7.90. The molecule has 11 heteroatoms. The van der Waals surface area contributed by atoms with Gasteiger partial charge in [0.2, 0.25) is 5.88 Å². The Morgan fingerprint density at radius 3 is 2.48 bits per heavy atom. The summed E-state index contributed by atoms with van der Waals surface area (Å²) in [6.07, 6.45) is 1.54. The lowest BCUT2D eigenvalue weighted by molar-refractivity contribution is -0.142. The smallest absolute Gasteiger partial charge is 0.409 e. The number of hydrogen-bond acceptors (Lipinski definition) is 7. The maximum atomic E-state index is 13.1. The minimum atomic E-state index is -4.53. The molecule has 1 atom stereocenters. The van der Waals surface area contributed by atoms with E-state index in [1.54, 1.807) is 24.5 Å². The Labute approximate surface area is 153 Å². The number of hydrazine groups is 1. The first kappa shape index (κ1) is 19.1. The molecule has 1 aliphatic heterocycles. The molecule has 7 nitrogen and oxygen atoms in total. The van der Waals surface area contributed by atoms with Crippen molar-refractivity contribution in [3.05, 3.63) is 60.4 Å². The van der Waals surface area contributed by atoms with Crippen LogP contribution in [0.2, 0.25) is 0 Å². The van der Waals surface area contributed by atoms with E-state index in [-0.39, 0.29) is 23.2 Å². The fourth-order valence-electron chi connectivity index (χ4n) is 2.28. The SMILES string of the molecule is CS(=O)(=O)c1ccc(N2NC(C(F)(F)F)C=C2OCc2ccncc2)nc1. The first-order chi connectivity index (χ1) is 12.6. The van der Waals surface area contributed by atoms with Gasteiger partial charge in [-0.15, -0.1) is 0 Å². The average Bonchev–Trinajstić information content (AvgIpc) is 3.05. The van der Waals surface area contributed by atoms with Crippen LogP contribution in [0.1, 0.15) is 5.56 Å². The van der Waals surface area contributed by atoms with Crippen LogP contribution in [0.15, 0.2) is 59.7 Å². The third-order valence-electron chi connectivity index (χ3n) is 3.66. The first-order valence-corrected chi connectivity index (χ1v) is 9.56. The van der Waals surface area contributed by atoms with E-state index in [4.69, 9.17) is 4.74 Å². The van der Waals surface area contributed by atoms with Crippen molar-refractivity contribution < 1.29 is 26.3 Å². The van der Waals surface area contributed by atoms with Crippen molar-refractivity contribution >= 4 is 15.7 Å². The summed E-state index contributed by atoms with van der Waals surface area (Å²) in [7, 11) is -3.47. The molecule has 1 N–H and O–H groups in total. The van der Waals surface area contributed by atoms with Gasteiger partial charge in [0.25, 0.3) is 0 Å². The van der Waals surface area contributed by atoms with E-state index in [0.29, 0.717) is 0 Å². The van der Waals surface area contributed by atoms with Crippen LogP contribution >= 0.6 is 0 Å². The van der Waals surface area contributed by atoms with Gasteiger partial charge in [-0.25, -0.2) is 23.8 Å².